The van der Waals surface area contributed by atoms with E-state index in [4.69, 9.17) is 9.52 Å². The highest BCUT2D eigenvalue weighted by atomic mass is 32.2. The molecule has 6 nitrogen and oxygen atoms in total. The predicted molar refractivity (Wildman–Crippen MR) is 72.0 cm³/mol. The highest BCUT2D eigenvalue weighted by Gasteiger charge is 2.24. The summed E-state index contributed by atoms with van der Waals surface area (Å²) >= 11 is 0. The van der Waals surface area contributed by atoms with Crippen LogP contribution in [-0.4, -0.2) is 26.0 Å². The molecule has 1 aliphatic carbocycles. The van der Waals surface area contributed by atoms with Crippen LogP contribution >= 0.6 is 0 Å². The number of hydrogen-bond donors (Lipinski definition) is 2. The fraction of sp³-hybridized carbons (Fsp3) is 0.615. The van der Waals surface area contributed by atoms with Crippen molar-refractivity contribution in [2.24, 2.45) is 11.8 Å². The number of nitrogens with one attached hydrogen (secondary N) is 1. The molecule has 1 fully saturated rings. The summed E-state index contributed by atoms with van der Waals surface area (Å²) in [6.45, 7) is 2.54. The SMILES string of the molecule is CC1CCCC(CNS(=O)(=O)c2ccc(C(=O)O)o2)C1. The van der Waals surface area contributed by atoms with Gasteiger partial charge in [-0.1, -0.05) is 19.8 Å². The molecule has 1 aromatic rings. The second-order valence-electron chi connectivity index (χ2n) is 5.41. The molecule has 20 heavy (non-hydrogen) atoms. The second kappa shape index (κ2) is 5.97. The van der Waals surface area contributed by atoms with Crippen LogP contribution in [0.15, 0.2) is 21.6 Å². The maximum Gasteiger partial charge on any atom is 0.371 e. The van der Waals surface area contributed by atoms with E-state index >= 15 is 0 Å². The Hall–Kier alpha value is -1.34. The van der Waals surface area contributed by atoms with Gasteiger partial charge in [-0.15, -0.1) is 0 Å². The zero-order valence-corrected chi connectivity index (χ0v) is 12.1. The third kappa shape index (κ3) is 3.61. The van der Waals surface area contributed by atoms with Crippen LogP contribution in [0.2, 0.25) is 0 Å². The van der Waals surface area contributed by atoms with Gasteiger partial charge in [0.25, 0.3) is 10.0 Å². The molecule has 2 rings (SSSR count). The molecule has 1 heterocycles. The van der Waals surface area contributed by atoms with Gasteiger partial charge in [0.15, 0.2) is 0 Å². The first-order chi connectivity index (χ1) is 9.38. The number of carbonyl (C=O) groups is 1. The summed E-state index contributed by atoms with van der Waals surface area (Å²) in [5.74, 6) is -0.702. The molecule has 1 aliphatic rings. The van der Waals surface area contributed by atoms with E-state index in [0.29, 0.717) is 18.4 Å². The van der Waals surface area contributed by atoms with Crippen LogP contribution in [-0.2, 0) is 10.0 Å². The van der Waals surface area contributed by atoms with Gasteiger partial charge in [0.2, 0.25) is 10.9 Å². The highest BCUT2D eigenvalue weighted by molar-refractivity contribution is 7.89. The Morgan fingerprint density at radius 3 is 2.80 bits per heavy atom. The molecule has 0 aromatic carbocycles. The fourth-order valence-corrected chi connectivity index (χ4v) is 3.67. The average Bonchev–Trinajstić information content (AvgIpc) is 2.87. The molecule has 1 saturated carbocycles. The zero-order valence-electron chi connectivity index (χ0n) is 11.3. The van der Waals surface area contributed by atoms with Gasteiger partial charge in [-0.2, -0.15) is 0 Å². The van der Waals surface area contributed by atoms with Gasteiger partial charge in [-0.3, -0.25) is 0 Å². The van der Waals surface area contributed by atoms with Crippen LogP contribution in [0, 0.1) is 11.8 Å². The standard InChI is InChI=1S/C13H19NO5S/c1-9-3-2-4-10(7-9)8-14-20(17,18)12-6-5-11(19-12)13(15)16/h5-6,9-10,14H,2-4,7-8H2,1H3,(H,15,16). The minimum Gasteiger partial charge on any atom is -0.475 e. The minimum absolute atomic E-state index is 0.336. The summed E-state index contributed by atoms with van der Waals surface area (Å²) in [4.78, 5) is 10.7. The summed E-state index contributed by atoms with van der Waals surface area (Å²) < 4.78 is 31.3. The second-order valence-corrected chi connectivity index (χ2v) is 7.11. The fourth-order valence-electron chi connectivity index (χ4n) is 2.62. The molecule has 2 atom stereocenters. The van der Waals surface area contributed by atoms with Gasteiger partial charge >= 0.3 is 5.97 Å². The quantitative estimate of drug-likeness (QED) is 0.868. The Morgan fingerprint density at radius 1 is 1.45 bits per heavy atom. The van der Waals surface area contributed by atoms with E-state index in [1.807, 2.05) is 0 Å². The average molecular weight is 301 g/mol. The molecular formula is C13H19NO5S. The Balaban J connectivity index is 1.98. The Morgan fingerprint density at radius 2 is 2.20 bits per heavy atom. The number of carboxylic acid groups (broad SMARTS) is 1. The smallest absolute Gasteiger partial charge is 0.371 e. The largest absolute Gasteiger partial charge is 0.475 e. The number of sulfonamides is 1. The third-order valence-corrected chi connectivity index (χ3v) is 4.96. The molecule has 0 amide bonds. The Kier molecular flexibility index (Phi) is 4.49. The van der Waals surface area contributed by atoms with Gasteiger partial charge in [-0.25, -0.2) is 17.9 Å². The van der Waals surface area contributed by atoms with Crippen LogP contribution in [0.5, 0.6) is 0 Å². The summed E-state index contributed by atoms with van der Waals surface area (Å²) in [5.41, 5.74) is 0. The van der Waals surface area contributed by atoms with E-state index in [-0.39, 0.29) is 10.9 Å². The van der Waals surface area contributed by atoms with E-state index in [0.717, 1.165) is 31.4 Å². The van der Waals surface area contributed by atoms with Gasteiger partial charge < -0.3 is 9.52 Å². The number of carboxylic acids is 1. The number of rotatable bonds is 5. The molecule has 0 bridgehead atoms. The molecule has 1 aromatic heterocycles. The lowest BCUT2D eigenvalue weighted by atomic mass is 9.83. The monoisotopic (exact) mass is 301 g/mol. The number of furan rings is 1. The van der Waals surface area contributed by atoms with Gasteiger partial charge in [0, 0.05) is 6.54 Å². The molecule has 7 heteroatoms. The summed E-state index contributed by atoms with van der Waals surface area (Å²) in [7, 11) is -3.77. The van der Waals surface area contributed by atoms with E-state index in [9.17, 15) is 13.2 Å². The van der Waals surface area contributed by atoms with Crippen molar-refractivity contribution in [3.63, 3.8) is 0 Å². The van der Waals surface area contributed by atoms with Crippen molar-refractivity contribution in [2.45, 2.75) is 37.7 Å². The predicted octanol–water partition coefficient (Wildman–Crippen LogP) is 2.08. The minimum atomic E-state index is -3.77. The first-order valence-electron chi connectivity index (χ1n) is 6.71. The van der Waals surface area contributed by atoms with E-state index in [1.54, 1.807) is 0 Å². The van der Waals surface area contributed by atoms with Crippen LogP contribution in [0.3, 0.4) is 0 Å². The number of aromatic carboxylic acids is 1. The van der Waals surface area contributed by atoms with Crippen LogP contribution in [0.1, 0.15) is 43.2 Å². The lowest BCUT2D eigenvalue weighted by molar-refractivity contribution is 0.0656. The lowest BCUT2D eigenvalue weighted by Crippen LogP contribution is -2.31. The summed E-state index contributed by atoms with van der Waals surface area (Å²) in [5, 5.41) is 8.37. The van der Waals surface area contributed by atoms with Crippen molar-refractivity contribution in [3.8, 4) is 0 Å². The van der Waals surface area contributed by atoms with Gasteiger partial charge in [0.05, 0.1) is 0 Å². The maximum atomic E-state index is 12.0. The first-order valence-corrected chi connectivity index (χ1v) is 8.19. The maximum absolute atomic E-state index is 12.0. The van der Waals surface area contributed by atoms with Crippen molar-refractivity contribution in [2.75, 3.05) is 6.54 Å². The molecule has 2 N–H and O–H groups in total. The van der Waals surface area contributed by atoms with Crippen molar-refractivity contribution < 1.29 is 22.7 Å². The van der Waals surface area contributed by atoms with Gasteiger partial charge in [0.1, 0.15) is 0 Å². The van der Waals surface area contributed by atoms with Crippen molar-refractivity contribution in [1.29, 1.82) is 0 Å². The van der Waals surface area contributed by atoms with Gasteiger partial charge in [-0.05, 0) is 36.8 Å². The lowest BCUT2D eigenvalue weighted by Gasteiger charge is -2.26. The number of hydrogen-bond acceptors (Lipinski definition) is 4. The Bertz CT molecular complexity index is 577. The zero-order chi connectivity index (χ0) is 14.8. The molecular weight excluding hydrogens is 282 g/mol. The molecule has 0 spiro atoms. The first kappa shape index (κ1) is 15.1. The molecule has 0 radical (unpaired) electrons. The normalized spacial score (nSPS) is 23.6. The van der Waals surface area contributed by atoms with Crippen molar-refractivity contribution in [1.82, 2.24) is 4.72 Å². The third-order valence-electron chi connectivity index (χ3n) is 3.66. The summed E-state index contributed by atoms with van der Waals surface area (Å²) in [6.07, 6.45) is 4.35. The van der Waals surface area contributed by atoms with Crippen molar-refractivity contribution >= 4 is 16.0 Å². The van der Waals surface area contributed by atoms with E-state index in [1.165, 1.54) is 6.42 Å². The highest BCUT2D eigenvalue weighted by Crippen LogP contribution is 2.28. The topological polar surface area (TPSA) is 96.6 Å². The molecule has 2 unspecified atom stereocenters. The molecule has 112 valence electrons. The summed E-state index contributed by atoms with van der Waals surface area (Å²) in [6, 6.07) is 2.30. The van der Waals surface area contributed by atoms with Crippen LogP contribution in [0.4, 0.5) is 0 Å². The molecule has 0 saturated heterocycles. The van der Waals surface area contributed by atoms with E-state index < -0.39 is 16.0 Å². The van der Waals surface area contributed by atoms with E-state index in [2.05, 4.69) is 11.6 Å². The van der Waals surface area contributed by atoms with Crippen LogP contribution < -0.4 is 4.72 Å². The van der Waals surface area contributed by atoms with Crippen molar-refractivity contribution in [3.05, 3.63) is 17.9 Å². The van der Waals surface area contributed by atoms with Crippen LogP contribution in [0.25, 0.3) is 0 Å². The Labute approximate surface area is 118 Å². The molecule has 0 aliphatic heterocycles.